The standard InChI is InChI=1S/C10H17N3O5/c11-8(14)6-7(9(15)16)12-10(17)13-2-1-4-18-5-3-13/h7H,1-6H2,(H2,11,14)(H,12,17)(H,15,16)/t7-/m1/s1. The molecular formula is C10H17N3O5. The zero-order valence-electron chi connectivity index (χ0n) is 9.92. The molecule has 8 nitrogen and oxygen atoms in total. The maximum atomic E-state index is 11.8. The van der Waals surface area contributed by atoms with Crippen molar-refractivity contribution in [3.05, 3.63) is 0 Å². The van der Waals surface area contributed by atoms with Crippen LogP contribution in [0.1, 0.15) is 12.8 Å². The molecule has 8 heteroatoms. The highest BCUT2D eigenvalue weighted by atomic mass is 16.5. The first kappa shape index (κ1) is 14.2. The van der Waals surface area contributed by atoms with E-state index in [4.69, 9.17) is 15.6 Å². The number of ether oxygens (including phenoxy) is 1. The molecule has 0 aromatic rings. The molecule has 0 aliphatic carbocycles. The molecule has 18 heavy (non-hydrogen) atoms. The number of hydrogen-bond donors (Lipinski definition) is 3. The van der Waals surface area contributed by atoms with Crippen LogP contribution in [0.25, 0.3) is 0 Å². The molecule has 0 unspecified atom stereocenters. The van der Waals surface area contributed by atoms with Gasteiger partial charge in [-0.05, 0) is 6.42 Å². The SMILES string of the molecule is NC(=O)C[C@@H](NC(=O)N1CCCOCC1)C(=O)O. The molecule has 1 saturated heterocycles. The Morgan fingerprint density at radius 2 is 2.06 bits per heavy atom. The van der Waals surface area contributed by atoms with E-state index in [-0.39, 0.29) is 0 Å². The first-order valence-corrected chi connectivity index (χ1v) is 5.65. The normalized spacial score (nSPS) is 17.7. The predicted octanol–water partition coefficient (Wildman–Crippen LogP) is -1.25. The molecule has 1 heterocycles. The van der Waals surface area contributed by atoms with Gasteiger partial charge in [0.25, 0.3) is 0 Å². The van der Waals surface area contributed by atoms with E-state index < -0.39 is 30.4 Å². The van der Waals surface area contributed by atoms with Crippen LogP contribution in [-0.2, 0) is 14.3 Å². The molecule has 1 rings (SSSR count). The number of carboxylic acids is 1. The molecule has 0 radical (unpaired) electrons. The van der Waals surface area contributed by atoms with Crippen LogP contribution in [0.15, 0.2) is 0 Å². The molecule has 1 aliphatic rings. The van der Waals surface area contributed by atoms with Crippen molar-refractivity contribution in [2.75, 3.05) is 26.3 Å². The molecule has 1 atom stereocenters. The second-order valence-corrected chi connectivity index (χ2v) is 3.96. The van der Waals surface area contributed by atoms with Crippen molar-refractivity contribution in [3.8, 4) is 0 Å². The molecule has 102 valence electrons. The first-order chi connectivity index (χ1) is 8.50. The number of carbonyl (C=O) groups is 3. The summed E-state index contributed by atoms with van der Waals surface area (Å²) in [4.78, 5) is 34.8. The monoisotopic (exact) mass is 259 g/mol. The molecule has 0 aromatic carbocycles. The van der Waals surface area contributed by atoms with Crippen molar-refractivity contribution in [2.45, 2.75) is 18.9 Å². The number of nitrogens with zero attached hydrogens (tertiary/aromatic N) is 1. The number of nitrogens with one attached hydrogen (secondary N) is 1. The zero-order valence-corrected chi connectivity index (χ0v) is 9.92. The van der Waals surface area contributed by atoms with Crippen molar-refractivity contribution in [1.82, 2.24) is 10.2 Å². The van der Waals surface area contributed by atoms with Crippen LogP contribution >= 0.6 is 0 Å². The van der Waals surface area contributed by atoms with Crippen molar-refractivity contribution >= 4 is 17.9 Å². The molecule has 0 saturated carbocycles. The lowest BCUT2D eigenvalue weighted by Gasteiger charge is -2.22. The fourth-order valence-electron chi connectivity index (χ4n) is 1.59. The van der Waals surface area contributed by atoms with Crippen LogP contribution < -0.4 is 11.1 Å². The number of carbonyl (C=O) groups excluding carboxylic acids is 2. The van der Waals surface area contributed by atoms with Crippen LogP contribution in [0, 0.1) is 0 Å². The molecule has 1 aliphatic heterocycles. The lowest BCUT2D eigenvalue weighted by atomic mass is 10.2. The number of urea groups is 1. The summed E-state index contributed by atoms with van der Waals surface area (Å²) >= 11 is 0. The van der Waals surface area contributed by atoms with E-state index in [2.05, 4.69) is 5.32 Å². The third-order valence-electron chi connectivity index (χ3n) is 2.51. The summed E-state index contributed by atoms with van der Waals surface area (Å²) in [7, 11) is 0. The molecule has 4 N–H and O–H groups in total. The van der Waals surface area contributed by atoms with Gasteiger partial charge in [0.15, 0.2) is 0 Å². The van der Waals surface area contributed by atoms with Crippen molar-refractivity contribution in [2.24, 2.45) is 5.73 Å². The summed E-state index contributed by atoms with van der Waals surface area (Å²) < 4.78 is 5.18. The number of hydrogen-bond acceptors (Lipinski definition) is 4. The highest BCUT2D eigenvalue weighted by Crippen LogP contribution is 2.01. The molecule has 1 fully saturated rings. The van der Waals surface area contributed by atoms with Gasteiger partial charge in [0.2, 0.25) is 5.91 Å². The number of nitrogens with two attached hydrogens (primary N) is 1. The van der Waals surface area contributed by atoms with Gasteiger partial charge in [0.05, 0.1) is 13.0 Å². The minimum absolute atomic E-state index is 0.398. The highest BCUT2D eigenvalue weighted by Gasteiger charge is 2.25. The van der Waals surface area contributed by atoms with E-state index in [0.717, 1.165) is 0 Å². The third kappa shape index (κ3) is 4.58. The largest absolute Gasteiger partial charge is 0.480 e. The van der Waals surface area contributed by atoms with Crippen molar-refractivity contribution in [3.63, 3.8) is 0 Å². The van der Waals surface area contributed by atoms with Gasteiger partial charge in [0.1, 0.15) is 6.04 Å². The molecule has 0 bridgehead atoms. The van der Waals surface area contributed by atoms with Crippen LogP contribution in [0.5, 0.6) is 0 Å². The van der Waals surface area contributed by atoms with E-state index in [0.29, 0.717) is 32.7 Å². The Morgan fingerprint density at radius 1 is 1.33 bits per heavy atom. The lowest BCUT2D eigenvalue weighted by molar-refractivity contribution is -0.140. The predicted molar refractivity (Wildman–Crippen MR) is 60.8 cm³/mol. The third-order valence-corrected chi connectivity index (χ3v) is 2.51. The minimum atomic E-state index is -1.29. The van der Waals surface area contributed by atoms with Crippen molar-refractivity contribution < 1.29 is 24.2 Å². The molecular weight excluding hydrogens is 242 g/mol. The lowest BCUT2D eigenvalue weighted by Crippen LogP contribution is -2.49. The van der Waals surface area contributed by atoms with Crippen LogP contribution in [0.2, 0.25) is 0 Å². The highest BCUT2D eigenvalue weighted by molar-refractivity contribution is 5.87. The van der Waals surface area contributed by atoms with E-state index in [1.807, 2.05) is 0 Å². The van der Waals surface area contributed by atoms with Gasteiger partial charge in [0, 0.05) is 19.7 Å². The summed E-state index contributed by atoms with van der Waals surface area (Å²) in [6.45, 7) is 1.89. The number of aliphatic carboxylic acids is 1. The second kappa shape index (κ2) is 6.80. The van der Waals surface area contributed by atoms with E-state index in [1.54, 1.807) is 0 Å². The quantitative estimate of drug-likeness (QED) is 0.582. The van der Waals surface area contributed by atoms with E-state index in [9.17, 15) is 14.4 Å². The average Bonchev–Trinajstić information content (AvgIpc) is 2.55. The first-order valence-electron chi connectivity index (χ1n) is 5.65. The van der Waals surface area contributed by atoms with Crippen LogP contribution in [-0.4, -0.2) is 60.3 Å². The van der Waals surface area contributed by atoms with Gasteiger partial charge in [-0.15, -0.1) is 0 Å². The fraction of sp³-hybridized carbons (Fsp3) is 0.700. The summed E-state index contributed by atoms with van der Waals surface area (Å²) in [6, 6.07) is -1.81. The fourth-order valence-corrected chi connectivity index (χ4v) is 1.59. The Hall–Kier alpha value is -1.83. The zero-order chi connectivity index (χ0) is 13.5. The smallest absolute Gasteiger partial charge is 0.326 e. The number of carboxylic acid groups (broad SMARTS) is 1. The van der Waals surface area contributed by atoms with Crippen LogP contribution in [0.4, 0.5) is 4.79 Å². The number of primary amides is 1. The van der Waals surface area contributed by atoms with Gasteiger partial charge in [-0.2, -0.15) is 0 Å². The van der Waals surface area contributed by atoms with E-state index in [1.165, 1.54) is 4.90 Å². The Balaban J connectivity index is 2.53. The molecule has 0 aromatic heterocycles. The Bertz CT molecular complexity index is 325. The van der Waals surface area contributed by atoms with Crippen LogP contribution in [0.3, 0.4) is 0 Å². The van der Waals surface area contributed by atoms with Gasteiger partial charge in [-0.1, -0.05) is 0 Å². The summed E-state index contributed by atoms with van der Waals surface area (Å²) in [5.41, 5.74) is 4.92. The number of amides is 3. The maximum absolute atomic E-state index is 11.8. The summed E-state index contributed by atoms with van der Waals surface area (Å²) in [6.07, 6.45) is 0.270. The van der Waals surface area contributed by atoms with Gasteiger partial charge in [-0.25, -0.2) is 9.59 Å². The number of rotatable bonds is 4. The average molecular weight is 259 g/mol. The van der Waals surface area contributed by atoms with Crippen molar-refractivity contribution in [1.29, 1.82) is 0 Å². The Morgan fingerprint density at radius 3 is 2.67 bits per heavy atom. The Labute approximate surface area is 104 Å². The Kier molecular flexibility index (Phi) is 5.37. The van der Waals surface area contributed by atoms with Gasteiger partial charge in [-0.3, -0.25) is 4.79 Å². The van der Waals surface area contributed by atoms with E-state index >= 15 is 0 Å². The summed E-state index contributed by atoms with van der Waals surface area (Å²) in [5, 5.41) is 11.1. The molecule has 3 amide bonds. The van der Waals surface area contributed by atoms with Gasteiger partial charge >= 0.3 is 12.0 Å². The van der Waals surface area contributed by atoms with Gasteiger partial charge < -0.3 is 25.8 Å². The molecule has 0 spiro atoms. The maximum Gasteiger partial charge on any atom is 0.326 e. The second-order valence-electron chi connectivity index (χ2n) is 3.96. The minimum Gasteiger partial charge on any atom is -0.480 e. The summed E-state index contributed by atoms with van der Waals surface area (Å²) in [5.74, 6) is -2.06. The topological polar surface area (TPSA) is 122 Å².